The Morgan fingerprint density at radius 1 is 1.38 bits per heavy atom. The van der Waals surface area contributed by atoms with Crippen LogP contribution in [-0.4, -0.2) is 28.9 Å². The van der Waals surface area contributed by atoms with Gasteiger partial charge in [0, 0.05) is 20.3 Å². The van der Waals surface area contributed by atoms with E-state index in [0.717, 1.165) is 0 Å². The second-order valence-corrected chi connectivity index (χ2v) is 4.42. The molecule has 13 heavy (non-hydrogen) atoms. The van der Waals surface area contributed by atoms with Crippen molar-refractivity contribution in [1.82, 2.24) is 4.98 Å². The summed E-state index contributed by atoms with van der Waals surface area (Å²) in [6.45, 7) is 0. The van der Waals surface area contributed by atoms with Crippen LogP contribution in [0.5, 0.6) is 0 Å². The zero-order chi connectivity index (χ0) is 10.1. The van der Waals surface area contributed by atoms with Gasteiger partial charge in [-0.25, -0.2) is 4.98 Å². The van der Waals surface area contributed by atoms with E-state index in [0.29, 0.717) is 5.82 Å². The van der Waals surface area contributed by atoms with E-state index < -0.39 is 7.60 Å². The molecule has 0 aliphatic rings. The highest BCUT2D eigenvalue weighted by molar-refractivity contribution is 7.60. The first-order valence-electron chi connectivity index (χ1n) is 3.61. The molecule has 0 bridgehead atoms. The molecule has 0 aliphatic heterocycles. The van der Waals surface area contributed by atoms with Gasteiger partial charge in [-0.2, -0.15) is 0 Å². The molecular formula is C7H11N2O3P. The first-order chi connectivity index (χ1) is 5.91. The molecule has 1 aromatic heterocycles. The van der Waals surface area contributed by atoms with Crippen LogP contribution in [0.4, 0.5) is 5.82 Å². The van der Waals surface area contributed by atoms with Crippen molar-refractivity contribution in [2.45, 2.75) is 0 Å². The van der Waals surface area contributed by atoms with Crippen molar-refractivity contribution in [3.63, 3.8) is 0 Å². The zero-order valence-corrected chi connectivity index (χ0v) is 8.27. The summed E-state index contributed by atoms with van der Waals surface area (Å²) in [6.07, 6.45) is 1.19. The minimum absolute atomic E-state index is 0.0573. The van der Waals surface area contributed by atoms with Gasteiger partial charge in [-0.1, -0.05) is 0 Å². The highest BCUT2D eigenvalue weighted by Crippen LogP contribution is 2.32. The molecule has 0 fully saturated rings. The summed E-state index contributed by atoms with van der Waals surface area (Å²) in [5.41, 5.74) is 0. The lowest BCUT2D eigenvalue weighted by atomic mass is 10.4. The number of nitrogens with zero attached hydrogens (tertiary/aromatic N) is 2. The van der Waals surface area contributed by atoms with Gasteiger partial charge in [-0.3, -0.25) is 4.57 Å². The lowest BCUT2D eigenvalue weighted by molar-refractivity contribution is 0.387. The van der Waals surface area contributed by atoms with Gasteiger partial charge in [0.1, 0.15) is 5.82 Å². The van der Waals surface area contributed by atoms with Crippen LogP contribution in [0.2, 0.25) is 0 Å². The molecule has 0 aliphatic carbocycles. The van der Waals surface area contributed by atoms with Crippen molar-refractivity contribution in [2.75, 3.05) is 19.0 Å². The molecule has 1 rings (SSSR count). The third kappa shape index (κ3) is 2.52. The van der Waals surface area contributed by atoms with E-state index in [9.17, 15) is 4.57 Å². The van der Waals surface area contributed by atoms with Crippen LogP contribution in [0.3, 0.4) is 0 Å². The van der Waals surface area contributed by atoms with E-state index in [1.807, 2.05) is 0 Å². The number of aromatic nitrogens is 1. The largest absolute Gasteiger partial charge is 0.363 e. The third-order valence-electron chi connectivity index (χ3n) is 1.53. The van der Waals surface area contributed by atoms with E-state index in [1.165, 1.54) is 12.3 Å². The molecule has 0 saturated heterocycles. The predicted molar refractivity (Wildman–Crippen MR) is 50.2 cm³/mol. The van der Waals surface area contributed by atoms with Gasteiger partial charge in [0.2, 0.25) is 0 Å². The molecular weight excluding hydrogens is 191 g/mol. The number of hydrogen-bond donors (Lipinski definition) is 2. The summed E-state index contributed by atoms with van der Waals surface area (Å²) in [4.78, 5) is 23.2. The maximum Gasteiger partial charge on any atom is 0.357 e. The molecule has 1 heterocycles. The molecule has 0 atom stereocenters. The summed E-state index contributed by atoms with van der Waals surface area (Å²) >= 11 is 0. The van der Waals surface area contributed by atoms with Crippen LogP contribution >= 0.6 is 7.60 Å². The standard InChI is InChI=1S/C7H11N2O3P/c1-9(2)7-4-3-6(5-8-7)13(10,11)12/h3-5H,1-2H3,(H2,10,11,12). The Hall–Kier alpha value is -0.900. The fourth-order valence-electron chi connectivity index (χ4n) is 0.815. The summed E-state index contributed by atoms with van der Waals surface area (Å²) in [5, 5.41) is -0.0573. The molecule has 2 N–H and O–H groups in total. The van der Waals surface area contributed by atoms with E-state index in [-0.39, 0.29) is 5.30 Å². The Morgan fingerprint density at radius 3 is 2.31 bits per heavy atom. The maximum absolute atomic E-state index is 10.8. The van der Waals surface area contributed by atoms with Gasteiger partial charge < -0.3 is 14.7 Å². The van der Waals surface area contributed by atoms with Crippen molar-refractivity contribution in [3.05, 3.63) is 18.3 Å². The second kappa shape index (κ2) is 3.46. The van der Waals surface area contributed by atoms with Crippen molar-refractivity contribution in [1.29, 1.82) is 0 Å². The Bertz CT molecular complexity index is 330. The second-order valence-electron chi connectivity index (χ2n) is 2.81. The van der Waals surface area contributed by atoms with Gasteiger partial charge >= 0.3 is 7.60 Å². The van der Waals surface area contributed by atoms with Crippen LogP contribution in [-0.2, 0) is 4.57 Å². The SMILES string of the molecule is CN(C)c1ccc(P(=O)(O)O)cn1. The summed E-state index contributed by atoms with van der Waals surface area (Å²) in [5.74, 6) is 0.664. The van der Waals surface area contributed by atoms with Gasteiger partial charge in [0.15, 0.2) is 0 Å². The zero-order valence-electron chi connectivity index (χ0n) is 7.38. The van der Waals surface area contributed by atoms with Crippen molar-refractivity contribution < 1.29 is 14.4 Å². The topological polar surface area (TPSA) is 73.7 Å². The van der Waals surface area contributed by atoms with Crippen LogP contribution in [0.15, 0.2) is 18.3 Å². The normalized spacial score (nSPS) is 11.4. The highest BCUT2D eigenvalue weighted by atomic mass is 31.2. The summed E-state index contributed by atoms with van der Waals surface area (Å²) < 4.78 is 10.8. The van der Waals surface area contributed by atoms with Gasteiger partial charge in [-0.15, -0.1) is 0 Å². The number of rotatable bonds is 2. The summed E-state index contributed by atoms with van der Waals surface area (Å²) in [6, 6.07) is 2.94. The Kier molecular flexibility index (Phi) is 2.71. The van der Waals surface area contributed by atoms with Gasteiger partial charge in [0.25, 0.3) is 0 Å². The van der Waals surface area contributed by atoms with Gasteiger partial charge in [0.05, 0.1) is 5.30 Å². The lowest BCUT2D eigenvalue weighted by Gasteiger charge is -2.11. The average Bonchev–Trinajstić information content (AvgIpc) is 2.03. The Morgan fingerprint density at radius 2 is 2.00 bits per heavy atom. The molecule has 72 valence electrons. The molecule has 0 aromatic carbocycles. The predicted octanol–water partition coefficient (Wildman–Crippen LogP) is -0.0494. The molecule has 1 aromatic rings. The average molecular weight is 202 g/mol. The fraction of sp³-hybridized carbons (Fsp3) is 0.286. The van der Waals surface area contributed by atoms with E-state index in [4.69, 9.17) is 9.79 Å². The Balaban J connectivity index is 3.01. The van der Waals surface area contributed by atoms with Crippen LogP contribution in [0.25, 0.3) is 0 Å². The third-order valence-corrected chi connectivity index (χ3v) is 2.46. The van der Waals surface area contributed by atoms with Crippen molar-refractivity contribution >= 4 is 18.7 Å². The van der Waals surface area contributed by atoms with Gasteiger partial charge in [-0.05, 0) is 12.1 Å². The first kappa shape index (κ1) is 10.2. The van der Waals surface area contributed by atoms with Crippen molar-refractivity contribution in [2.24, 2.45) is 0 Å². The van der Waals surface area contributed by atoms with Crippen LogP contribution in [0.1, 0.15) is 0 Å². The monoisotopic (exact) mass is 202 g/mol. The fourth-order valence-corrected chi connectivity index (χ4v) is 1.29. The molecule has 0 amide bonds. The molecule has 5 nitrogen and oxygen atoms in total. The molecule has 0 spiro atoms. The first-order valence-corrected chi connectivity index (χ1v) is 5.22. The number of anilines is 1. The number of hydrogen-bond acceptors (Lipinski definition) is 3. The van der Waals surface area contributed by atoms with E-state index in [2.05, 4.69) is 4.98 Å². The molecule has 6 heteroatoms. The molecule has 0 unspecified atom stereocenters. The highest BCUT2D eigenvalue weighted by Gasteiger charge is 2.16. The van der Waals surface area contributed by atoms with Crippen molar-refractivity contribution in [3.8, 4) is 0 Å². The van der Waals surface area contributed by atoms with E-state index in [1.54, 1.807) is 25.1 Å². The minimum Gasteiger partial charge on any atom is -0.363 e. The Labute approximate surface area is 76.2 Å². The number of pyridine rings is 1. The maximum atomic E-state index is 10.8. The smallest absolute Gasteiger partial charge is 0.357 e. The summed E-state index contributed by atoms with van der Waals surface area (Å²) in [7, 11) is -0.539. The molecule has 0 saturated carbocycles. The van der Waals surface area contributed by atoms with Crippen LogP contribution < -0.4 is 10.2 Å². The quantitative estimate of drug-likeness (QED) is 0.658. The lowest BCUT2D eigenvalue weighted by Crippen LogP contribution is -2.13. The van der Waals surface area contributed by atoms with E-state index >= 15 is 0 Å². The minimum atomic E-state index is -4.15. The molecule has 0 radical (unpaired) electrons. The van der Waals surface area contributed by atoms with Crippen LogP contribution in [0, 0.1) is 0 Å².